The summed E-state index contributed by atoms with van der Waals surface area (Å²) in [6.07, 6.45) is 0.897. The number of anilines is 1. The number of halogens is 1. The number of aryl methyl sites for hydroxylation is 1. The van der Waals surface area contributed by atoms with Crippen molar-refractivity contribution in [2.24, 2.45) is 7.05 Å². The first-order chi connectivity index (χ1) is 9.66. The zero-order valence-electron chi connectivity index (χ0n) is 11.1. The third-order valence-electron chi connectivity index (χ3n) is 3.42. The van der Waals surface area contributed by atoms with Crippen LogP contribution in [0.3, 0.4) is 0 Å². The number of hydrogen-bond donors (Lipinski definition) is 2. The van der Waals surface area contributed by atoms with Gasteiger partial charge in [0.05, 0.1) is 11.3 Å². The molecule has 0 aliphatic carbocycles. The summed E-state index contributed by atoms with van der Waals surface area (Å²) in [6, 6.07) is 7.38. The van der Waals surface area contributed by atoms with Crippen LogP contribution in [0.1, 0.15) is 21.6 Å². The van der Waals surface area contributed by atoms with Crippen molar-refractivity contribution >= 4 is 27.7 Å². The molecule has 0 saturated heterocycles. The number of hydrogen-bond acceptors (Lipinski definition) is 3. The molecule has 104 valence electrons. The minimum absolute atomic E-state index is 0.131. The van der Waals surface area contributed by atoms with Crippen molar-refractivity contribution in [2.75, 3.05) is 11.9 Å². The Morgan fingerprint density at radius 1 is 1.45 bits per heavy atom. The van der Waals surface area contributed by atoms with Gasteiger partial charge in [0.15, 0.2) is 0 Å². The number of rotatable bonds is 2. The molecule has 0 radical (unpaired) electrons. The molecule has 1 aromatic carbocycles. The van der Waals surface area contributed by atoms with E-state index in [-0.39, 0.29) is 5.91 Å². The Morgan fingerprint density at radius 3 is 3.05 bits per heavy atom. The number of amides is 1. The SMILES string of the molecule is Cn1nc2c(c1NC(=O)c1ccccc1Br)CNCC2. The molecule has 0 fully saturated rings. The average Bonchev–Trinajstić information content (AvgIpc) is 2.76. The Bertz CT molecular complexity index is 665. The molecule has 1 amide bonds. The minimum atomic E-state index is -0.131. The lowest BCUT2D eigenvalue weighted by Crippen LogP contribution is -2.24. The molecular formula is C14H15BrN4O. The third-order valence-corrected chi connectivity index (χ3v) is 4.11. The van der Waals surface area contributed by atoms with Crippen molar-refractivity contribution in [1.29, 1.82) is 0 Å². The second-order valence-electron chi connectivity index (χ2n) is 4.76. The molecule has 2 heterocycles. The van der Waals surface area contributed by atoms with Crippen LogP contribution in [0, 0.1) is 0 Å². The molecule has 1 aliphatic heterocycles. The Balaban J connectivity index is 1.90. The quantitative estimate of drug-likeness (QED) is 0.883. The Kier molecular flexibility index (Phi) is 3.58. The zero-order chi connectivity index (χ0) is 14.1. The summed E-state index contributed by atoms with van der Waals surface area (Å²) in [6.45, 7) is 1.68. The summed E-state index contributed by atoms with van der Waals surface area (Å²) < 4.78 is 2.53. The highest BCUT2D eigenvalue weighted by molar-refractivity contribution is 9.10. The number of benzene rings is 1. The van der Waals surface area contributed by atoms with E-state index in [4.69, 9.17) is 0 Å². The van der Waals surface area contributed by atoms with E-state index in [1.165, 1.54) is 0 Å². The van der Waals surface area contributed by atoms with Gasteiger partial charge in [-0.1, -0.05) is 12.1 Å². The second-order valence-corrected chi connectivity index (χ2v) is 5.61. The van der Waals surface area contributed by atoms with Crippen LogP contribution >= 0.6 is 15.9 Å². The summed E-state index contributed by atoms with van der Waals surface area (Å²) in [5, 5.41) is 10.7. The molecule has 2 N–H and O–H groups in total. The molecule has 0 spiro atoms. The van der Waals surface area contributed by atoms with Crippen molar-refractivity contribution in [2.45, 2.75) is 13.0 Å². The van der Waals surface area contributed by atoms with Crippen LogP contribution in [-0.2, 0) is 20.0 Å². The summed E-state index contributed by atoms with van der Waals surface area (Å²) >= 11 is 3.40. The average molecular weight is 335 g/mol. The molecule has 0 unspecified atom stereocenters. The van der Waals surface area contributed by atoms with Crippen molar-refractivity contribution in [3.05, 3.63) is 45.6 Å². The number of carbonyl (C=O) groups is 1. The van der Waals surface area contributed by atoms with Crippen LogP contribution in [0.15, 0.2) is 28.7 Å². The van der Waals surface area contributed by atoms with E-state index in [0.29, 0.717) is 5.56 Å². The van der Waals surface area contributed by atoms with Crippen LogP contribution in [-0.4, -0.2) is 22.2 Å². The van der Waals surface area contributed by atoms with Gasteiger partial charge in [-0.3, -0.25) is 9.48 Å². The van der Waals surface area contributed by atoms with E-state index >= 15 is 0 Å². The molecule has 20 heavy (non-hydrogen) atoms. The van der Waals surface area contributed by atoms with Crippen LogP contribution < -0.4 is 10.6 Å². The van der Waals surface area contributed by atoms with Gasteiger partial charge >= 0.3 is 0 Å². The lowest BCUT2D eigenvalue weighted by Gasteiger charge is -2.13. The lowest BCUT2D eigenvalue weighted by atomic mass is 10.1. The predicted octanol–water partition coefficient (Wildman–Crippen LogP) is 2.08. The van der Waals surface area contributed by atoms with Gasteiger partial charge in [0.1, 0.15) is 5.82 Å². The Morgan fingerprint density at radius 2 is 2.25 bits per heavy atom. The van der Waals surface area contributed by atoms with Gasteiger partial charge in [-0.2, -0.15) is 5.10 Å². The summed E-state index contributed by atoms with van der Waals surface area (Å²) in [7, 11) is 1.86. The van der Waals surface area contributed by atoms with Crippen LogP contribution in [0.5, 0.6) is 0 Å². The maximum absolute atomic E-state index is 12.4. The number of nitrogens with one attached hydrogen (secondary N) is 2. The smallest absolute Gasteiger partial charge is 0.257 e. The number of fused-ring (bicyclic) bond motifs is 1. The van der Waals surface area contributed by atoms with Crippen LogP contribution in [0.25, 0.3) is 0 Å². The molecule has 1 aliphatic rings. The topological polar surface area (TPSA) is 59.0 Å². The predicted molar refractivity (Wildman–Crippen MR) is 80.7 cm³/mol. The monoisotopic (exact) mass is 334 g/mol. The molecule has 1 aromatic heterocycles. The molecule has 3 rings (SSSR count). The van der Waals surface area contributed by atoms with Crippen molar-refractivity contribution in [3.8, 4) is 0 Å². The van der Waals surface area contributed by atoms with E-state index < -0.39 is 0 Å². The van der Waals surface area contributed by atoms with Gasteiger partial charge in [0.25, 0.3) is 5.91 Å². The number of aromatic nitrogens is 2. The van der Waals surface area contributed by atoms with Gasteiger partial charge in [0, 0.05) is 36.6 Å². The highest BCUT2D eigenvalue weighted by Crippen LogP contribution is 2.24. The molecule has 0 bridgehead atoms. The molecular weight excluding hydrogens is 320 g/mol. The summed E-state index contributed by atoms with van der Waals surface area (Å²) in [5.74, 6) is 0.641. The fourth-order valence-corrected chi connectivity index (χ4v) is 2.87. The first-order valence-electron chi connectivity index (χ1n) is 6.48. The highest BCUT2D eigenvalue weighted by atomic mass is 79.9. The largest absolute Gasteiger partial charge is 0.312 e. The van der Waals surface area contributed by atoms with E-state index in [9.17, 15) is 4.79 Å². The molecule has 6 heteroatoms. The van der Waals surface area contributed by atoms with Crippen LogP contribution in [0.4, 0.5) is 5.82 Å². The van der Waals surface area contributed by atoms with Crippen LogP contribution in [0.2, 0.25) is 0 Å². The zero-order valence-corrected chi connectivity index (χ0v) is 12.7. The lowest BCUT2D eigenvalue weighted by molar-refractivity contribution is 0.102. The van der Waals surface area contributed by atoms with Gasteiger partial charge in [-0.15, -0.1) is 0 Å². The first kappa shape index (κ1) is 13.3. The molecule has 2 aromatic rings. The maximum atomic E-state index is 12.4. The minimum Gasteiger partial charge on any atom is -0.312 e. The summed E-state index contributed by atoms with van der Waals surface area (Å²) in [4.78, 5) is 12.4. The molecule has 5 nitrogen and oxygen atoms in total. The Hall–Kier alpha value is -1.66. The molecule has 0 atom stereocenters. The van der Waals surface area contributed by atoms with Crippen molar-refractivity contribution in [1.82, 2.24) is 15.1 Å². The number of carbonyl (C=O) groups excluding carboxylic acids is 1. The fraction of sp³-hybridized carbons (Fsp3) is 0.286. The van der Waals surface area contributed by atoms with Gasteiger partial charge in [-0.05, 0) is 28.1 Å². The summed E-state index contributed by atoms with van der Waals surface area (Å²) in [5.41, 5.74) is 2.76. The van der Waals surface area contributed by atoms with E-state index in [2.05, 4.69) is 31.7 Å². The van der Waals surface area contributed by atoms with Gasteiger partial charge in [0.2, 0.25) is 0 Å². The third kappa shape index (κ3) is 2.36. The Labute approximate surface area is 125 Å². The maximum Gasteiger partial charge on any atom is 0.257 e. The standard InChI is InChI=1S/C14H15BrN4O/c1-19-13(10-8-16-7-6-12(10)18-19)17-14(20)9-4-2-3-5-11(9)15/h2-5,16H,6-8H2,1H3,(H,17,20). The van der Waals surface area contributed by atoms with Crippen molar-refractivity contribution < 1.29 is 4.79 Å². The first-order valence-corrected chi connectivity index (χ1v) is 7.27. The van der Waals surface area contributed by atoms with E-state index in [1.54, 1.807) is 10.7 Å². The molecule has 0 saturated carbocycles. The van der Waals surface area contributed by atoms with Gasteiger partial charge in [-0.25, -0.2) is 0 Å². The van der Waals surface area contributed by atoms with E-state index in [0.717, 1.165) is 41.1 Å². The highest BCUT2D eigenvalue weighted by Gasteiger charge is 2.21. The normalized spacial score (nSPS) is 13.9. The van der Waals surface area contributed by atoms with Crippen molar-refractivity contribution in [3.63, 3.8) is 0 Å². The fourth-order valence-electron chi connectivity index (χ4n) is 2.41. The van der Waals surface area contributed by atoms with Gasteiger partial charge < -0.3 is 10.6 Å². The number of nitrogens with zero attached hydrogens (tertiary/aromatic N) is 2. The second kappa shape index (κ2) is 5.38. The van der Waals surface area contributed by atoms with E-state index in [1.807, 2.05) is 25.2 Å².